The van der Waals surface area contributed by atoms with Crippen molar-refractivity contribution in [2.75, 3.05) is 7.05 Å². The average molecular weight is 235 g/mol. The van der Waals surface area contributed by atoms with Gasteiger partial charge in [0.2, 0.25) is 0 Å². The SMILES string of the molecule is CCn1cc(CC(NC)C2CCCCC2)cn1. The van der Waals surface area contributed by atoms with E-state index in [0.717, 1.165) is 18.9 Å². The third-order valence-electron chi connectivity index (χ3n) is 4.06. The Hall–Kier alpha value is -0.830. The van der Waals surface area contributed by atoms with Crippen LogP contribution in [0, 0.1) is 5.92 Å². The summed E-state index contributed by atoms with van der Waals surface area (Å²) in [6, 6.07) is 0.629. The quantitative estimate of drug-likeness (QED) is 0.850. The molecule has 0 aliphatic heterocycles. The Bertz CT molecular complexity index is 326. The summed E-state index contributed by atoms with van der Waals surface area (Å²) in [6.07, 6.45) is 12.4. The molecule has 3 nitrogen and oxygen atoms in total. The minimum atomic E-state index is 0.629. The molecule has 1 saturated carbocycles. The molecule has 0 amide bonds. The van der Waals surface area contributed by atoms with Crippen LogP contribution in [0.3, 0.4) is 0 Å². The number of nitrogens with zero attached hydrogens (tertiary/aromatic N) is 2. The average Bonchev–Trinajstić information content (AvgIpc) is 2.84. The van der Waals surface area contributed by atoms with Gasteiger partial charge in [0.05, 0.1) is 6.20 Å². The summed E-state index contributed by atoms with van der Waals surface area (Å²) in [7, 11) is 2.10. The van der Waals surface area contributed by atoms with Crippen LogP contribution < -0.4 is 5.32 Å². The van der Waals surface area contributed by atoms with E-state index in [9.17, 15) is 0 Å². The van der Waals surface area contributed by atoms with Crippen LogP contribution in [0.25, 0.3) is 0 Å². The molecule has 1 N–H and O–H groups in total. The number of rotatable bonds is 5. The van der Waals surface area contributed by atoms with Crippen LogP contribution >= 0.6 is 0 Å². The molecule has 0 spiro atoms. The molecular weight excluding hydrogens is 210 g/mol. The topological polar surface area (TPSA) is 29.9 Å². The molecule has 1 aliphatic carbocycles. The van der Waals surface area contributed by atoms with E-state index in [4.69, 9.17) is 0 Å². The molecule has 96 valence electrons. The van der Waals surface area contributed by atoms with Crippen molar-refractivity contribution in [3.63, 3.8) is 0 Å². The zero-order valence-corrected chi connectivity index (χ0v) is 11.2. The maximum atomic E-state index is 4.36. The van der Waals surface area contributed by atoms with Crippen LogP contribution in [0.15, 0.2) is 12.4 Å². The number of likely N-dealkylation sites (N-methyl/N-ethyl adjacent to an activating group) is 1. The van der Waals surface area contributed by atoms with Gasteiger partial charge in [0.25, 0.3) is 0 Å². The molecular formula is C14H25N3. The molecule has 1 atom stereocenters. The highest BCUT2D eigenvalue weighted by Crippen LogP contribution is 2.27. The maximum Gasteiger partial charge on any atom is 0.0522 e. The van der Waals surface area contributed by atoms with Crippen LogP contribution in [0.5, 0.6) is 0 Å². The van der Waals surface area contributed by atoms with Crippen molar-refractivity contribution in [3.8, 4) is 0 Å². The van der Waals surface area contributed by atoms with E-state index in [1.165, 1.54) is 37.7 Å². The Labute approximate surface area is 105 Å². The molecule has 1 unspecified atom stereocenters. The van der Waals surface area contributed by atoms with E-state index >= 15 is 0 Å². The van der Waals surface area contributed by atoms with E-state index in [1.54, 1.807) is 0 Å². The second kappa shape index (κ2) is 6.20. The van der Waals surface area contributed by atoms with Crippen molar-refractivity contribution in [2.24, 2.45) is 5.92 Å². The summed E-state index contributed by atoms with van der Waals surface area (Å²) in [5.74, 6) is 0.860. The molecule has 1 heterocycles. The molecule has 0 saturated heterocycles. The zero-order chi connectivity index (χ0) is 12.1. The molecule has 1 aromatic rings. The minimum absolute atomic E-state index is 0.629. The zero-order valence-electron chi connectivity index (χ0n) is 11.2. The van der Waals surface area contributed by atoms with E-state index in [-0.39, 0.29) is 0 Å². The Morgan fingerprint density at radius 2 is 2.18 bits per heavy atom. The number of nitrogens with one attached hydrogen (secondary N) is 1. The lowest BCUT2D eigenvalue weighted by Gasteiger charge is -2.29. The first-order valence-corrected chi connectivity index (χ1v) is 7.02. The lowest BCUT2D eigenvalue weighted by atomic mass is 9.82. The van der Waals surface area contributed by atoms with Crippen LogP contribution in [0.1, 0.15) is 44.6 Å². The first kappa shape index (κ1) is 12.6. The minimum Gasteiger partial charge on any atom is -0.316 e. The van der Waals surface area contributed by atoms with Gasteiger partial charge < -0.3 is 5.32 Å². The Morgan fingerprint density at radius 3 is 2.76 bits per heavy atom. The Kier molecular flexibility index (Phi) is 4.60. The third-order valence-corrected chi connectivity index (χ3v) is 4.06. The van der Waals surface area contributed by atoms with Gasteiger partial charge in [0.15, 0.2) is 0 Å². The van der Waals surface area contributed by atoms with Gasteiger partial charge in [-0.3, -0.25) is 4.68 Å². The lowest BCUT2D eigenvalue weighted by Crippen LogP contribution is -2.36. The van der Waals surface area contributed by atoms with E-state index in [0.29, 0.717) is 6.04 Å². The van der Waals surface area contributed by atoms with E-state index in [2.05, 4.69) is 30.6 Å². The fraction of sp³-hybridized carbons (Fsp3) is 0.786. The Balaban J connectivity index is 1.93. The van der Waals surface area contributed by atoms with Gasteiger partial charge in [0, 0.05) is 18.8 Å². The normalized spacial score (nSPS) is 19.4. The van der Waals surface area contributed by atoms with Crippen molar-refractivity contribution in [1.29, 1.82) is 0 Å². The number of aryl methyl sites for hydroxylation is 1. The van der Waals surface area contributed by atoms with Crippen LogP contribution in [0.4, 0.5) is 0 Å². The van der Waals surface area contributed by atoms with E-state index in [1.807, 2.05) is 10.9 Å². The molecule has 1 aliphatic rings. The summed E-state index contributed by atoms with van der Waals surface area (Å²) >= 11 is 0. The molecule has 0 aromatic carbocycles. The van der Waals surface area contributed by atoms with Crippen LogP contribution in [-0.2, 0) is 13.0 Å². The molecule has 0 radical (unpaired) electrons. The van der Waals surface area contributed by atoms with Crippen molar-refractivity contribution in [3.05, 3.63) is 18.0 Å². The van der Waals surface area contributed by atoms with E-state index < -0.39 is 0 Å². The standard InChI is InChI=1S/C14H25N3/c1-3-17-11-12(10-16-17)9-14(15-2)13-7-5-4-6-8-13/h10-11,13-15H,3-9H2,1-2H3. The van der Waals surface area contributed by atoms with Gasteiger partial charge in [-0.05, 0) is 44.7 Å². The second-order valence-corrected chi connectivity index (χ2v) is 5.20. The Morgan fingerprint density at radius 1 is 1.41 bits per heavy atom. The van der Waals surface area contributed by atoms with Crippen molar-refractivity contribution in [1.82, 2.24) is 15.1 Å². The predicted molar refractivity (Wildman–Crippen MR) is 71.0 cm³/mol. The fourth-order valence-corrected chi connectivity index (χ4v) is 2.98. The molecule has 1 fully saturated rings. The van der Waals surface area contributed by atoms with Gasteiger partial charge in [-0.2, -0.15) is 5.10 Å². The smallest absolute Gasteiger partial charge is 0.0522 e. The molecule has 2 rings (SSSR count). The predicted octanol–water partition coefficient (Wildman–Crippen LogP) is 2.61. The highest BCUT2D eigenvalue weighted by molar-refractivity contribution is 5.07. The summed E-state index contributed by atoms with van der Waals surface area (Å²) in [5.41, 5.74) is 1.37. The molecule has 17 heavy (non-hydrogen) atoms. The lowest BCUT2D eigenvalue weighted by molar-refractivity contribution is 0.276. The first-order valence-electron chi connectivity index (χ1n) is 7.02. The van der Waals surface area contributed by atoms with Gasteiger partial charge in [0.1, 0.15) is 0 Å². The van der Waals surface area contributed by atoms with Crippen LogP contribution in [0.2, 0.25) is 0 Å². The summed E-state index contributed by atoms with van der Waals surface area (Å²) in [4.78, 5) is 0. The fourth-order valence-electron chi connectivity index (χ4n) is 2.98. The van der Waals surface area contributed by atoms with Crippen molar-refractivity contribution >= 4 is 0 Å². The maximum absolute atomic E-state index is 4.36. The van der Waals surface area contributed by atoms with Crippen LogP contribution in [-0.4, -0.2) is 22.9 Å². The summed E-state index contributed by atoms with van der Waals surface area (Å²) < 4.78 is 2.02. The molecule has 0 bridgehead atoms. The second-order valence-electron chi connectivity index (χ2n) is 5.20. The molecule has 3 heteroatoms. The monoisotopic (exact) mass is 235 g/mol. The van der Waals surface area contributed by atoms with Gasteiger partial charge in [-0.1, -0.05) is 19.3 Å². The summed E-state index contributed by atoms with van der Waals surface area (Å²) in [5, 5.41) is 7.87. The van der Waals surface area contributed by atoms with Gasteiger partial charge in [-0.25, -0.2) is 0 Å². The highest BCUT2D eigenvalue weighted by Gasteiger charge is 2.22. The number of aromatic nitrogens is 2. The van der Waals surface area contributed by atoms with Crippen molar-refractivity contribution in [2.45, 2.75) is 58.0 Å². The number of hydrogen-bond acceptors (Lipinski definition) is 2. The van der Waals surface area contributed by atoms with Crippen molar-refractivity contribution < 1.29 is 0 Å². The highest BCUT2D eigenvalue weighted by atomic mass is 15.3. The number of hydrogen-bond donors (Lipinski definition) is 1. The van der Waals surface area contributed by atoms with Gasteiger partial charge in [-0.15, -0.1) is 0 Å². The summed E-state index contributed by atoms with van der Waals surface area (Å²) in [6.45, 7) is 3.10. The third kappa shape index (κ3) is 3.32. The first-order chi connectivity index (χ1) is 8.33. The molecule has 1 aromatic heterocycles. The largest absolute Gasteiger partial charge is 0.316 e. The van der Waals surface area contributed by atoms with Gasteiger partial charge >= 0.3 is 0 Å².